The van der Waals surface area contributed by atoms with E-state index in [4.69, 9.17) is 0 Å². The van der Waals surface area contributed by atoms with Gasteiger partial charge < -0.3 is 4.90 Å². The first-order chi connectivity index (χ1) is 5.11. The lowest BCUT2D eigenvalue weighted by atomic mass is 10.2. The van der Waals surface area contributed by atoms with E-state index in [9.17, 15) is 9.59 Å². The summed E-state index contributed by atoms with van der Waals surface area (Å²) < 4.78 is 0. The van der Waals surface area contributed by atoms with Crippen LogP contribution in [0.5, 0.6) is 0 Å². The van der Waals surface area contributed by atoms with E-state index in [-0.39, 0.29) is 17.7 Å². The first-order valence-electron chi connectivity index (χ1n) is 3.86. The Morgan fingerprint density at radius 3 is 2.73 bits per heavy atom. The molecule has 0 aromatic rings. The second kappa shape index (κ2) is 3.03. The molecule has 0 aromatic heterocycles. The summed E-state index contributed by atoms with van der Waals surface area (Å²) in [4.78, 5) is 23.4. The molecule has 11 heavy (non-hydrogen) atoms. The van der Waals surface area contributed by atoms with Crippen molar-refractivity contribution in [1.82, 2.24) is 4.90 Å². The summed E-state index contributed by atoms with van der Waals surface area (Å²) in [6.07, 6.45) is 1.96. The van der Waals surface area contributed by atoms with Crippen LogP contribution in [0, 0.1) is 0 Å². The molecule has 3 heteroatoms. The van der Waals surface area contributed by atoms with Crippen LogP contribution in [0.2, 0.25) is 0 Å². The minimum absolute atomic E-state index is 0.163. The Kier molecular flexibility index (Phi) is 2.27. The van der Waals surface area contributed by atoms with Gasteiger partial charge in [-0.2, -0.15) is 0 Å². The van der Waals surface area contributed by atoms with Gasteiger partial charge in [0, 0.05) is 25.9 Å². The largest absolute Gasteiger partial charge is 0.342 e. The zero-order valence-corrected chi connectivity index (χ0v) is 6.96. The van der Waals surface area contributed by atoms with Crippen LogP contribution in [-0.4, -0.2) is 29.7 Å². The average Bonchev–Trinajstić information content (AvgIpc) is 2.18. The maximum absolute atomic E-state index is 11.0. The van der Waals surface area contributed by atoms with Gasteiger partial charge in [0.25, 0.3) is 0 Å². The third kappa shape index (κ3) is 1.79. The lowest BCUT2D eigenvalue weighted by Crippen LogP contribution is -2.29. The van der Waals surface area contributed by atoms with Crippen LogP contribution in [-0.2, 0) is 9.59 Å². The molecule has 1 aliphatic rings. The highest BCUT2D eigenvalue weighted by atomic mass is 16.2. The Bertz CT molecular complexity index is 189. The number of hydrogen-bond donors (Lipinski definition) is 0. The Balaban J connectivity index is 2.48. The van der Waals surface area contributed by atoms with Gasteiger partial charge in [0.15, 0.2) is 0 Å². The van der Waals surface area contributed by atoms with Crippen molar-refractivity contribution in [2.75, 3.05) is 7.05 Å². The zero-order valence-electron chi connectivity index (χ0n) is 6.96. The normalized spacial score (nSPS) is 24.4. The maximum Gasteiger partial charge on any atom is 0.222 e. The Morgan fingerprint density at radius 1 is 1.73 bits per heavy atom. The number of Topliss-reactive ketones (excluding diaryl/α,β-unsaturated/α-hetero) is 1. The fourth-order valence-corrected chi connectivity index (χ4v) is 1.43. The molecular weight excluding hydrogens is 144 g/mol. The van der Waals surface area contributed by atoms with Crippen molar-refractivity contribution in [3.05, 3.63) is 0 Å². The minimum atomic E-state index is 0.163. The Labute approximate surface area is 66.4 Å². The molecule has 0 aromatic carbocycles. The van der Waals surface area contributed by atoms with Crippen molar-refractivity contribution in [2.45, 2.75) is 32.2 Å². The van der Waals surface area contributed by atoms with Gasteiger partial charge in [0.05, 0.1) is 0 Å². The van der Waals surface area contributed by atoms with Gasteiger partial charge in [0.2, 0.25) is 5.91 Å². The molecule has 1 fully saturated rings. The molecule has 0 spiro atoms. The summed E-state index contributed by atoms with van der Waals surface area (Å²) in [5.74, 6) is 0.327. The average molecular weight is 157 g/mol. The van der Waals surface area contributed by atoms with Crippen LogP contribution in [0.4, 0.5) is 0 Å². The number of carbonyl (C=O) groups is 2. The zero-order chi connectivity index (χ0) is 8.43. The smallest absolute Gasteiger partial charge is 0.222 e. The minimum Gasteiger partial charge on any atom is -0.342 e. The molecule has 1 atom stereocenters. The van der Waals surface area contributed by atoms with E-state index >= 15 is 0 Å². The van der Waals surface area contributed by atoms with Crippen LogP contribution in [0.3, 0.4) is 0 Å². The van der Waals surface area contributed by atoms with Crippen LogP contribution in [0.1, 0.15) is 26.2 Å². The molecule has 62 valence electrons. The predicted octanol–water partition coefficient (Wildman–Crippen LogP) is 0.586. The topological polar surface area (TPSA) is 37.4 Å². The predicted molar refractivity (Wildman–Crippen MR) is 41.1 cm³/mol. The van der Waals surface area contributed by atoms with Crippen molar-refractivity contribution in [3.63, 3.8) is 0 Å². The lowest BCUT2D eigenvalue weighted by molar-refractivity contribution is -0.128. The summed E-state index contributed by atoms with van der Waals surface area (Å²) in [6, 6.07) is 0.167. The van der Waals surface area contributed by atoms with E-state index in [0.717, 1.165) is 6.42 Å². The van der Waals surface area contributed by atoms with Crippen molar-refractivity contribution < 1.29 is 9.59 Å². The number of ketones is 1. The van der Waals surface area contributed by atoms with Crippen molar-refractivity contribution in [1.29, 1.82) is 0 Å². The fraction of sp³-hybridized carbons (Fsp3) is 0.750. The monoisotopic (exact) mass is 157 g/mol. The third-order valence-corrected chi connectivity index (χ3v) is 2.16. The summed E-state index contributed by atoms with van der Waals surface area (Å²) in [5, 5.41) is 0. The highest BCUT2D eigenvalue weighted by molar-refractivity contribution is 5.81. The molecular formula is C8H13NO2. The SMILES string of the molecule is CN1C(=O)CCC1C[13C]([13CH3])=O. The molecule has 0 bridgehead atoms. The van der Waals surface area contributed by atoms with E-state index in [2.05, 4.69) is 0 Å². The summed E-state index contributed by atoms with van der Waals surface area (Å²) in [7, 11) is 1.77. The van der Waals surface area contributed by atoms with E-state index in [1.54, 1.807) is 18.9 Å². The van der Waals surface area contributed by atoms with Crippen LogP contribution in [0.25, 0.3) is 0 Å². The van der Waals surface area contributed by atoms with Crippen molar-refractivity contribution in [2.24, 2.45) is 0 Å². The molecule has 1 aliphatic heterocycles. The second-order valence-corrected chi connectivity index (χ2v) is 3.10. The third-order valence-electron chi connectivity index (χ3n) is 2.16. The van der Waals surface area contributed by atoms with E-state index < -0.39 is 0 Å². The molecule has 0 aliphatic carbocycles. The van der Waals surface area contributed by atoms with Crippen LogP contribution < -0.4 is 0 Å². The highest BCUT2D eigenvalue weighted by Gasteiger charge is 2.27. The van der Waals surface area contributed by atoms with Crippen LogP contribution in [0.15, 0.2) is 0 Å². The van der Waals surface area contributed by atoms with Gasteiger partial charge in [-0.3, -0.25) is 9.59 Å². The number of carbonyl (C=O) groups excluding carboxylic acids is 2. The summed E-state index contributed by atoms with van der Waals surface area (Å²) >= 11 is 0. The van der Waals surface area contributed by atoms with Gasteiger partial charge in [-0.15, -0.1) is 0 Å². The number of likely N-dealkylation sites (tertiary alicyclic amines) is 1. The molecule has 1 saturated heterocycles. The number of nitrogens with zero attached hydrogens (tertiary/aromatic N) is 1. The first kappa shape index (κ1) is 8.24. The van der Waals surface area contributed by atoms with Crippen molar-refractivity contribution >= 4 is 11.7 Å². The van der Waals surface area contributed by atoms with Crippen molar-refractivity contribution in [3.8, 4) is 0 Å². The molecule has 0 saturated carbocycles. The molecule has 1 heterocycles. The Hall–Kier alpha value is -0.860. The first-order valence-corrected chi connectivity index (χ1v) is 3.86. The van der Waals surface area contributed by atoms with Gasteiger partial charge in [-0.25, -0.2) is 0 Å². The number of amides is 1. The van der Waals surface area contributed by atoms with Gasteiger partial charge in [-0.05, 0) is 13.3 Å². The number of rotatable bonds is 2. The van der Waals surface area contributed by atoms with Gasteiger partial charge in [0.1, 0.15) is 5.78 Å². The summed E-state index contributed by atoms with van der Waals surface area (Å²) in [6.45, 7) is 1.57. The molecule has 1 amide bonds. The van der Waals surface area contributed by atoms with Gasteiger partial charge in [-0.1, -0.05) is 0 Å². The fourth-order valence-electron chi connectivity index (χ4n) is 1.43. The molecule has 1 unspecified atom stereocenters. The molecule has 0 N–H and O–H groups in total. The van der Waals surface area contributed by atoms with E-state index in [1.165, 1.54) is 0 Å². The van der Waals surface area contributed by atoms with Gasteiger partial charge >= 0.3 is 0 Å². The standard InChI is InChI=1S/C8H13NO2/c1-6(10)5-7-3-4-8(11)9(7)2/h7H,3-5H2,1-2H3/i1+1,6+1. The second-order valence-electron chi connectivity index (χ2n) is 3.10. The molecule has 3 nitrogen and oxygen atoms in total. The maximum atomic E-state index is 11.0. The molecule has 1 rings (SSSR count). The molecule has 0 radical (unpaired) electrons. The quantitative estimate of drug-likeness (QED) is 0.550. The van der Waals surface area contributed by atoms with E-state index in [1.807, 2.05) is 0 Å². The van der Waals surface area contributed by atoms with Crippen LogP contribution >= 0.6 is 0 Å². The lowest BCUT2D eigenvalue weighted by Gasteiger charge is -2.17. The Morgan fingerprint density at radius 2 is 2.36 bits per heavy atom. The number of hydrogen-bond acceptors (Lipinski definition) is 2. The van der Waals surface area contributed by atoms with E-state index in [0.29, 0.717) is 12.8 Å². The highest BCUT2D eigenvalue weighted by Crippen LogP contribution is 2.18. The summed E-state index contributed by atoms with van der Waals surface area (Å²) in [5.41, 5.74) is 0.